The third-order valence-corrected chi connectivity index (χ3v) is 0.917. The summed E-state index contributed by atoms with van der Waals surface area (Å²) in [4.78, 5) is 14.1. The van der Waals surface area contributed by atoms with E-state index < -0.39 is 6.04 Å². The molecule has 56 valence electrons. The van der Waals surface area contributed by atoms with Crippen LogP contribution < -0.4 is 0 Å². The monoisotopic (exact) mass is 142 g/mol. The molecule has 1 unspecified atom stereocenters. The lowest BCUT2D eigenvalue weighted by molar-refractivity contribution is -0.147. The van der Waals surface area contributed by atoms with Gasteiger partial charge in [-0.1, -0.05) is 4.85 Å². The summed E-state index contributed by atoms with van der Waals surface area (Å²) < 4.78 is 4.79. The van der Waals surface area contributed by atoms with Gasteiger partial charge in [-0.05, 0) is 13.8 Å². The zero-order chi connectivity index (χ0) is 8.15. The molecular formula is C7H12NO2+. The summed E-state index contributed by atoms with van der Waals surface area (Å²) in [6, 6.07) is -0.553. The minimum Gasteiger partial charge on any atom is -0.457 e. The number of carbonyl (C=O) groups excluding carboxylic acids is 1. The first-order valence-corrected chi connectivity index (χ1v) is 3.18. The van der Waals surface area contributed by atoms with Crippen LogP contribution in [-0.4, -0.2) is 18.1 Å². The van der Waals surface area contributed by atoms with Gasteiger partial charge in [0, 0.05) is 6.92 Å². The van der Waals surface area contributed by atoms with Crippen molar-refractivity contribution in [2.24, 2.45) is 0 Å². The lowest BCUT2D eigenvalue weighted by Gasteiger charge is -2.04. The lowest BCUT2D eigenvalue weighted by atomic mass is 10.3. The summed E-state index contributed by atoms with van der Waals surface area (Å²) >= 11 is 0. The van der Waals surface area contributed by atoms with Crippen molar-refractivity contribution >= 4 is 5.97 Å². The zero-order valence-corrected chi connectivity index (χ0v) is 6.50. The van der Waals surface area contributed by atoms with Gasteiger partial charge < -0.3 is 4.74 Å². The van der Waals surface area contributed by atoms with Gasteiger partial charge in [-0.3, -0.25) is 0 Å². The van der Waals surface area contributed by atoms with Crippen molar-refractivity contribution in [3.05, 3.63) is 4.85 Å². The molecule has 0 radical (unpaired) electrons. The average Bonchev–Trinajstić information content (AvgIpc) is 1.85. The summed E-state index contributed by atoms with van der Waals surface area (Å²) in [5, 5.41) is 0. The fraction of sp³-hybridized carbons (Fsp3) is 0.714. The molecule has 0 aliphatic rings. The topological polar surface area (TPSA) is 30.7 Å². The van der Waals surface area contributed by atoms with Crippen molar-refractivity contribution in [2.75, 3.05) is 0 Å². The molecule has 0 aromatic carbocycles. The quantitative estimate of drug-likeness (QED) is 0.544. The smallest absolute Gasteiger partial charge is 0.394 e. The Balaban J connectivity index is 3.76. The lowest BCUT2D eigenvalue weighted by Crippen LogP contribution is -2.20. The van der Waals surface area contributed by atoms with Crippen LogP contribution in [0.25, 0.3) is 4.85 Å². The molecule has 0 aliphatic carbocycles. The van der Waals surface area contributed by atoms with E-state index >= 15 is 0 Å². The highest BCUT2D eigenvalue weighted by Gasteiger charge is 2.22. The van der Waals surface area contributed by atoms with E-state index in [9.17, 15) is 4.79 Å². The van der Waals surface area contributed by atoms with Crippen LogP contribution in [0.1, 0.15) is 20.8 Å². The molecule has 0 saturated carbocycles. The van der Waals surface area contributed by atoms with Crippen LogP contribution in [0.5, 0.6) is 0 Å². The van der Waals surface area contributed by atoms with E-state index in [0.717, 1.165) is 0 Å². The molecule has 0 bridgehead atoms. The van der Waals surface area contributed by atoms with E-state index in [4.69, 9.17) is 11.3 Å². The highest BCUT2D eigenvalue weighted by molar-refractivity contribution is 5.77. The number of nitrogens with zero attached hydrogens (tertiary/aromatic N) is 1. The maximum absolute atomic E-state index is 10.8. The van der Waals surface area contributed by atoms with Crippen LogP contribution in [0.3, 0.4) is 0 Å². The van der Waals surface area contributed by atoms with Gasteiger partial charge in [0.1, 0.15) is 0 Å². The third-order valence-electron chi connectivity index (χ3n) is 0.917. The Morgan fingerprint density at radius 2 is 2.00 bits per heavy atom. The molecular weight excluding hydrogens is 130 g/mol. The van der Waals surface area contributed by atoms with Crippen LogP contribution in [-0.2, 0) is 9.53 Å². The fourth-order valence-corrected chi connectivity index (χ4v) is 0.392. The fourth-order valence-electron chi connectivity index (χ4n) is 0.392. The van der Waals surface area contributed by atoms with E-state index in [2.05, 4.69) is 4.85 Å². The SMILES string of the molecule is C#[N+]C(C)C(=O)OC(C)C. The van der Waals surface area contributed by atoms with Crippen LogP contribution in [0.2, 0.25) is 0 Å². The molecule has 0 aromatic heterocycles. The van der Waals surface area contributed by atoms with Gasteiger partial charge in [0.2, 0.25) is 0 Å². The minimum absolute atomic E-state index is 0.100. The molecule has 3 heteroatoms. The van der Waals surface area contributed by atoms with E-state index in [1.165, 1.54) is 0 Å². The van der Waals surface area contributed by atoms with E-state index in [-0.39, 0.29) is 12.1 Å². The van der Waals surface area contributed by atoms with E-state index in [0.29, 0.717) is 0 Å². The van der Waals surface area contributed by atoms with E-state index in [1.54, 1.807) is 20.8 Å². The van der Waals surface area contributed by atoms with Gasteiger partial charge >= 0.3 is 12.0 Å². The van der Waals surface area contributed by atoms with E-state index in [1.807, 2.05) is 0 Å². The first-order chi connectivity index (χ1) is 4.57. The third kappa shape index (κ3) is 3.08. The standard InChI is InChI=1S/C7H12NO2/c1-5(2)10-7(9)6(3)8-4/h4-6H,1-3H3/q+1. The van der Waals surface area contributed by atoms with Gasteiger partial charge in [0.15, 0.2) is 0 Å². The molecule has 0 saturated heterocycles. The molecule has 0 aromatic rings. The van der Waals surface area contributed by atoms with Gasteiger partial charge in [0.05, 0.1) is 6.10 Å². The Morgan fingerprint density at radius 3 is 2.30 bits per heavy atom. The Hall–Kier alpha value is -1.04. The van der Waals surface area contributed by atoms with Gasteiger partial charge in [-0.25, -0.2) is 4.79 Å². The predicted molar refractivity (Wildman–Crippen MR) is 39.0 cm³/mol. The zero-order valence-electron chi connectivity index (χ0n) is 6.50. The Kier molecular flexibility index (Phi) is 3.48. The maximum atomic E-state index is 10.8. The highest BCUT2D eigenvalue weighted by atomic mass is 16.5. The number of esters is 1. The second-order valence-corrected chi connectivity index (χ2v) is 2.31. The Morgan fingerprint density at radius 1 is 1.50 bits per heavy atom. The first-order valence-electron chi connectivity index (χ1n) is 3.18. The second kappa shape index (κ2) is 3.89. The largest absolute Gasteiger partial charge is 0.457 e. The summed E-state index contributed by atoms with van der Waals surface area (Å²) in [7, 11) is 0. The molecule has 0 spiro atoms. The van der Waals surface area contributed by atoms with Crippen molar-refractivity contribution in [2.45, 2.75) is 32.9 Å². The highest BCUT2D eigenvalue weighted by Crippen LogP contribution is 1.96. The molecule has 0 N–H and O–H groups in total. The second-order valence-electron chi connectivity index (χ2n) is 2.31. The van der Waals surface area contributed by atoms with Crippen LogP contribution in [0.15, 0.2) is 0 Å². The summed E-state index contributed by atoms with van der Waals surface area (Å²) in [6.07, 6.45) is -0.100. The molecule has 0 amide bonds. The number of ether oxygens (including phenoxy) is 1. The summed E-state index contributed by atoms with van der Waals surface area (Å²) in [5.74, 6) is -0.377. The maximum Gasteiger partial charge on any atom is 0.394 e. The molecule has 10 heavy (non-hydrogen) atoms. The van der Waals surface area contributed by atoms with Crippen molar-refractivity contribution in [1.29, 1.82) is 0 Å². The number of carbonyl (C=O) groups is 1. The van der Waals surface area contributed by atoms with Crippen LogP contribution in [0.4, 0.5) is 0 Å². The van der Waals surface area contributed by atoms with Gasteiger partial charge in [-0.15, -0.1) is 0 Å². The summed E-state index contributed by atoms with van der Waals surface area (Å²) in [6.45, 7) is 10.0. The van der Waals surface area contributed by atoms with Crippen molar-refractivity contribution < 1.29 is 9.53 Å². The van der Waals surface area contributed by atoms with Crippen LogP contribution >= 0.6 is 0 Å². The molecule has 0 heterocycles. The molecule has 0 fully saturated rings. The number of hydrogen-bond acceptors (Lipinski definition) is 2. The average molecular weight is 142 g/mol. The summed E-state index contributed by atoms with van der Waals surface area (Å²) in [5.41, 5.74) is 0. The molecule has 0 rings (SSSR count). The Labute approximate surface area is 60.8 Å². The number of rotatable bonds is 2. The minimum atomic E-state index is -0.553. The van der Waals surface area contributed by atoms with Crippen molar-refractivity contribution in [1.82, 2.24) is 0 Å². The normalized spacial score (nSPS) is 12.3. The van der Waals surface area contributed by atoms with Crippen molar-refractivity contribution in [3.63, 3.8) is 0 Å². The predicted octanol–water partition coefficient (Wildman–Crippen LogP) is 1.29. The number of hydrogen-bond donors (Lipinski definition) is 0. The Bertz CT molecular complexity index is 157. The van der Waals surface area contributed by atoms with Crippen molar-refractivity contribution in [3.8, 4) is 6.57 Å². The van der Waals surface area contributed by atoms with Crippen LogP contribution in [0, 0.1) is 6.57 Å². The molecule has 0 aliphatic heterocycles. The van der Waals surface area contributed by atoms with Gasteiger partial charge in [0.25, 0.3) is 6.57 Å². The first kappa shape index (κ1) is 8.96. The molecule has 1 atom stereocenters. The van der Waals surface area contributed by atoms with Gasteiger partial charge in [-0.2, -0.15) is 0 Å². The molecule has 3 nitrogen and oxygen atoms in total.